The van der Waals surface area contributed by atoms with Gasteiger partial charge in [0.15, 0.2) is 0 Å². The first kappa shape index (κ1) is 7.34. The maximum absolute atomic E-state index is 3.52. The highest BCUT2D eigenvalue weighted by Crippen LogP contribution is 2.43. The van der Waals surface area contributed by atoms with Gasteiger partial charge in [0.2, 0.25) is 0 Å². The molecule has 2 atom stereocenters. The average molecular weight is 166 g/mol. The summed E-state index contributed by atoms with van der Waals surface area (Å²) in [6, 6.07) is 0.845. The molecule has 1 saturated carbocycles. The quantitative estimate of drug-likeness (QED) is 0.612. The van der Waals surface area contributed by atoms with E-state index in [1.54, 1.807) is 0 Å². The van der Waals surface area contributed by atoms with Crippen molar-refractivity contribution in [3.8, 4) is 0 Å². The summed E-state index contributed by atoms with van der Waals surface area (Å²) in [5.74, 6) is 2.99. The van der Waals surface area contributed by atoms with Gasteiger partial charge in [0, 0.05) is 25.7 Å². The minimum atomic E-state index is 0.845. The Balaban J connectivity index is 1.86. The monoisotopic (exact) mass is 166 g/mol. The van der Waals surface area contributed by atoms with Crippen LogP contribution < -0.4 is 5.32 Å². The van der Waals surface area contributed by atoms with Gasteiger partial charge in [-0.2, -0.15) is 0 Å². The molecule has 0 radical (unpaired) electrons. The first-order valence-corrected chi connectivity index (χ1v) is 5.26. The van der Waals surface area contributed by atoms with Crippen molar-refractivity contribution in [1.29, 1.82) is 0 Å². The zero-order valence-corrected chi connectivity index (χ0v) is 7.79. The lowest BCUT2D eigenvalue weighted by Gasteiger charge is -2.55. The number of rotatable bonds is 1. The van der Waals surface area contributed by atoms with E-state index in [0.29, 0.717) is 0 Å². The van der Waals surface area contributed by atoms with Crippen LogP contribution in [0.3, 0.4) is 0 Å². The SMILES string of the molecule is CNC1[C@@H]2CC3C[C@@H]1CN(C3)C2. The molecule has 4 rings (SSSR count). The molecule has 3 aliphatic heterocycles. The second kappa shape index (κ2) is 2.46. The van der Waals surface area contributed by atoms with E-state index in [2.05, 4.69) is 17.3 Å². The minimum absolute atomic E-state index is 0.845. The first-order valence-electron chi connectivity index (χ1n) is 5.26. The zero-order chi connectivity index (χ0) is 8.13. The summed E-state index contributed by atoms with van der Waals surface area (Å²) < 4.78 is 0. The fourth-order valence-corrected chi connectivity index (χ4v) is 3.88. The molecular weight excluding hydrogens is 148 g/mol. The number of nitrogens with zero attached hydrogens (tertiary/aromatic N) is 1. The molecule has 4 fully saturated rings. The molecule has 0 unspecified atom stereocenters. The lowest BCUT2D eigenvalue weighted by molar-refractivity contribution is -0.0419. The van der Waals surface area contributed by atoms with Gasteiger partial charge in [0.05, 0.1) is 0 Å². The standard InChI is InChI=1S/C10H18N2/c1-11-10-8-2-7-3-9(10)6-12(4-7)5-8/h7-11H,2-6H2,1H3/t7?,8-,9-,10?/m1/s1. The second-order valence-corrected chi connectivity index (χ2v) is 4.89. The second-order valence-electron chi connectivity index (χ2n) is 4.89. The normalized spacial score (nSPS) is 56.2. The molecule has 3 saturated heterocycles. The Morgan fingerprint density at radius 3 is 2.25 bits per heavy atom. The topological polar surface area (TPSA) is 15.3 Å². The molecule has 1 aliphatic carbocycles. The summed E-state index contributed by atoms with van der Waals surface area (Å²) in [7, 11) is 2.14. The fraction of sp³-hybridized carbons (Fsp3) is 1.00. The average Bonchev–Trinajstić information content (AvgIpc) is 2.02. The third-order valence-electron chi connectivity index (χ3n) is 4.12. The van der Waals surface area contributed by atoms with E-state index < -0.39 is 0 Å². The van der Waals surface area contributed by atoms with Crippen molar-refractivity contribution < 1.29 is 0 Å². The molecule has 68 valence electrons. The molecule has 1 N–H and O–H groups in total. The molecule has 0 aromatic heterocycles. The molecule has 0 spiro atoms. The number of piperidine rings is 3. The summed E-state index contributed by atoms with van der Waals surface area (Å²) in [5.41, 5.74) is 0. The van der Waals surface area contributed by atoms with Gasteiger partial charge in [-0.25, -0.2) is 0 Å². The third-order valence-corrected chi connectivity index (χ3v) is 4.12. The molecule has 2 nitrogen and oxygen atoms in total. The summed E-state index contributed by atoms with van der Waals surface area (Å²) in [5, 5.41) is 3.52. The maximum Gasteiger partial charge on any atom is 0.0145 e. The van der Waals surface area contributed by atoms with Crippen molar-refractivity contribution in [3.63, 3.8) is 0 Å². The van der Waals surface area contributed by atoms with Crippen molar-refractivity contribution in [1.82, 2.24) is 10.2 Å². The van der Waals surface area contributed by atoms with Gasteiger partial charge in [-0.15, -0.1) is 0 Å². The largest absolute Gasteiger partial charge is 0.316 e. The van der Waals surface area contributed by atoms with Crippen molar-refractivity contribution >= 4 is 0 Å². The molecule has 0 aromatic rings. The number of hydrogen-bond acceptors (Lipinski definition) is 2. The molecule has 4 aliphatic rings. The van der Waals surface area contributed by atoms with E-state index in [-0.39, 0.29) is 0 Å². The van der Waals surface area contributed by atoms with E-state index in [4.69, 9.17) is 0 Å². The Morgan fingerprint density at radius 2 is 1.75 bits per heavy atom. The van der Waals surface area contributed by atoms with Crippen LogP contribution in [-0.2, 0) is 0 Å². The highest BCUT2D eigenvalue weighted by molar-refractivity contribution is 5.01. The van der Waals surface area contributed by atoms with Crippen LogP contribution in [0.5, 0.6) is 0 Å². The molecule has 12 heavy (non-hydrogen) atoms. The Hall–Kier alpha value is -0.0800. The van der Waals surface area contributed by atoms with Crippen molar-refractivity contribution in [2.75, 3.05) is 26.7 Å². The molecule has 0 amide bonds. The molecule has 0 aromatic carbocycles. The van der Waals surface area contributed by atoms with Crippen LogP contribution in [0.1, 0.15) is 12.8 Å². The lowest BCUT2D eigenvalue weighted by atomic mass is 9.65. The van der Waals surface area contributed by atoms with Gasteiger partial charge in [0.1, 0.15) is 0 Å². The molecule has 2 heteroatoms. The highest BCUT2D eigenvalue weighted by Gasteiger charge is 2.46. The van der Waals surface area contributed by atoms with Crippen LogP contribution in [0.25, 0.3) is 0 Å². The first-order chi connectivity index (χ1) is 5.86. The van der Waals surface area contributed by atoms with Crippen molar-refractivity contribution in [3.05, 3.63) is 0 Å². The Morgan fingerprint density at radius 1 is 1.08 bits per heavy atom. The maximum atomic E-state index is 3.52. The predicted octanol–water partition coefficient (Wildman–Crippen LogP) is 0.546. The smallest absolute Gasteiger partial charge is 0.0145 e. The van der Waals surface area contributed by atoms with Crippen LogP contribution in [0.15, 0.2) is 0 Å². The van der Waals surface area contributed by atoms with Gasteiger partial charge in [-0.3, -0.25) is 0 Å². The molecular formula is C10H18N2. The number of hydrogen-bond donors (Lipinski definition) is 1. The highest BCUT2D eigenvalue weighted by atomic mass is 15.2. The van der Waals surface area contributed by atoms with Gasteiger partial charge < -0.3 is 10.2 Å². The van der Waals surface area contributed by atoms with Gasteiger partial charge >= 0.3 is 0 Å². The lowest BCUT2D eigenvalue weighted by Crippen LogP contribution is -2.63. The van der Waals surface area contributed by atoms with Crippen LogP contribution >= 0.6 is 0 Å². The van der Waals surface area contributed by atoms with E-state index in [9.17, 15) is 0 Å². The third kappa shape index (κ3) is 0.882. The van der Waals surface area contributed by atoms with E-state index in [0.717, 1.165) is 23.8 Å². The summed E-state index contributed by atoms with van der Waals surface area (Å²) in [4.78, 5) is 2.68. The van der Waals surface area contributed by atoms with Crippen LogP contribution in [0.2, 0.25) is 0 Å². The fourth-order valence-electron chi connectivity index (χ4n) is 3.88. The predicted molar refractivity (Wildman–Crippen MR) is 49.0 cm³/mol. The van der Waals surface area contributed by atoms with E-state index in [1.807, 2.05) is 0 Å². The Kier molecular flexibility index (Phi) is 1.50. The van der Waals surface area contributed by atoms with Gasteiger partial charge in [-0.1, -0.05) is 0 Å². The van der Waals surface area contributed by atoms with Crippen molar-refractivity contribution in [2.24, 2.45) is 17.8 Å². The molecule has 4 bridgehead atoms. The van der Waals surface area contributed by atoms with Crippen LogP contribution in [0, 0.1) is 17.8 Å². The Bertz CT molecular complexity index is 162. The number of nitrogens with one attached hydrogen (secondary N) is 1. The van der Waals surface area contributed by atoms with E-state index in [1.165, 1.54) is 32.5 Å². The summed E-state index contributed by atoms with van der Waals surface area (Å²) >= 11 is 0. The van der Waals surface area contributed by atoms with E-state index >= 15 is 0 Å². The zero-order valence-electron chi connectivity index (χ0n) is 7.79. The Labute approximate surface area is 74.3 Å². The minimum Gasteiger partial charge on any atom is -0.316 e. The summed E-state index contributed by atoms with van der Waals surface area (Å²) in [6.07, 6.45) is 3.00. The molecule has 3 heterocycles. The van der Waals surface area contributed by atoms with Crippen LogP contribution in [0.4, 0.5) is 0 Å². The summed E-state index contributed by atoms with van der Waals surface area (Å²) in [6.45, 7) is 4.15. The van der Waals surface area contributed by atoms with Gasteiger partial charge in [0.25, 0.3) is 0 Å². The van der Waals surface area contributed by atoms with Crippen LogP contribution in [-0.4, -0.2) is 37.6 Å². The van der Waals surface area contributed by atoms with Crippen molar-refractivity contribution in [2.45, 2.75) is 18.9 Å². The van der Waals surface area contributed by atoms with Gasteiger partial charge in [-0.05, 0) is 37.6 Å².